The van der Waals surface area contributed by atoms with Crippen molar-refractivity contribution in [3.05, 3.63) is 41.2 Å². The van der Waals surface area contributed by atoms with Gasteiger partial charge < -0.3 is 5.32 Å². The number of benzene rings is 1. The lowest BCUT2D eigenvalue weighted by molar-refractivity contribution is 0.618. The Hall–Kier alpha value is -1.15. The summed E-state index contributed by atoms with van der Waals surface area (Å²) in [4.78, 5) is 0. The van der Waals surface area contributed by atoms with Gasteiger partial charge in [-0.05, 0) is 43.1 Å². The molecule has 0 bridgehead atoms. The first-order valence-electron chi connectivity index (χ1n) is 5.37. The summed E-state index contributed by atoms with van der Waals surface area (Å²) in [5, 5.41) is 3.27. The van der Waals surface area contributed by atoms with Crippen molar-refractivity contribution >= 4 is 6.08 Å². The van der Waals surface area contributed by atoms with Gasteiger partial charge in [0.25, 0.3) is 0 Å². The van der Waals surface area contributed by atoms with E-state index in [0.717, 1.165) is 25.1 Å². The predicted molar refractivity (Wildman–Crippen MR) is 63.3 cm³/mol. The average molecular weight is 207 g/mol. The quantitative estimate of drug-likeness (QED) is 0.731. The van der Waals surface area contributed by atoms with Crippen LogP contribution in [0.3, 0.4) is 0 Å². The van der Waals surface area contributed by atoms with Gasteiger partial charge in [0, 0.05) is 6.54 Å². The van der Waals surface area contributed by atoms with Crippen LogP contribution < -0.4 is 5.32 Å². The second-order valence-corrected chi connectivity index (χ2v) is 3.62. The lowest BCUT2D eigenvalue weighted by Gasteiger charge is -1.99. The fraction of sp³-hybridized carbons (Fsp3) is 0.385. The summed E-state index contributed by atoms with van der Waals surface area (Å²) in [7, 11) is 0. The molecule has 0 aromatic heterocycles. The highest BCUT2D eigenvalue weighted by molar-refractivity contribution is 5.50. The fourth-order valence-electron chi connectivity index (χ4n) is 1.33. The SMILES string of the molecule is CCCNCC=Cc1ccc(F)c(C)c1. The van der Waals surface area contributed by atoms with E-state index in [9.17, 15) is 4.39 Å². The van der Waals surface area contributed by atoms with Gasteiger partial charge in [-0.15, -0.1) is 0 Å². The maximum Gasteiger partial charge on any atom is 0.126 e. The maximum absolute atomic E-state index is 13.0. The lowest BCUT2D eigenvalue weighted by atomic mass is 10.1. The second kappa shape index (κ2) is 6.36. The normalized spacial score (nSPS) is 11.1. The first kappa shape index (κ1) is 11.9. The molecule has 0 aliphatic rings. The zero-order valence-corrected chi connectivity index (χ0v) is 9.39. The molecule has 1 nitrogen and oxygen atoms in total. The van der Waals surface area contributed by atoms with Crippen molar-refractivity contribution in [2.45, 2.75) is 20.3 Å². The molecule has 0 spiro atoms. The summed E-state index contributed by atoms with van der Waals surface area (Å²) >= 11 is 0. The minimum atomic E-state index is -0.142. The highest BCUT2D eigenvalue weighted by atomic mass is 19.1. The van der Waals surface area contributed by atoms with E-state index in [1.165, 1.54) is 6.07 Å². The molecule has 0 fully saturated rings. The molecule has 1 aromatic carbocycles. The van der Waals surface area contributed by atoms with Gasteiger partial charge in [-0.25, -0.2) is 4.39 Å². The molecule has 1 aromatic rings. The van der Waals surface area contributed by atoms with Gasteiger partial charge in [0.05, 0.1) is 0 Å². The summed E-state index contributed by atoms with van der Waals surface area (Å²) < 4.78 is 13.0. The van der Waals surface area contributed by atoms with Gasteiger partial charge in [-0.3, -0.25) is 0 Å². The zero-order valence-electron chi connectivity index (χ0n) is 9.39. The largest absolute Gasteiger partial charge is 0.313 e. The van der Waals surface area contributed by atoms with Crippen molar-refractivity contribution < 1.29 is 4.39 Å². The van der Waals surface area contributed by atoms with Crippen molar-refractivity contribution in [2.24, 2.45) is 0 Å². The first-order valence-corrected chi connectivity index (χ1v) is 5.37. The van der Waals surface area contributed by atoms with Gasteiger partial charge in [-0.2, -0.15) is 0 Å². The van der Waals surface area contributed by atoms with Crippen molar-refractivity contribution in [3.63, 3.8) is 0 Å². The number of hydrogen-bond donors (Lipinski definition) is 1. The molecule has 0 radical (unpaired) electrons. The van der Waals surface area contributed by atoms with Crippen LogP contribution in [0.1, 0.15) is 24.5 Å². The molecule has 0 atom stereocenters. The van der Waals surface area contributed by atoms with Gasteiger partial charge >= 0.3 is 0 Å². The average Bonchev–Trinajstić information content (AvgIpc) is 2.23. The van der Waals surface area contributed by atoms with E-state index in [4.69, 9.17) is 0 Å². The fourth-order valence-corrected chi connectivity index (χ4v) is 1.33. The molecule has 0 saturated heterocycles. The van der Waals surface area contributed by atoms with Crippen LogP contribution >= 0.6 is 0 Å². The molecule has 1 N–H and O–H groups in total. The zero-order chi connectivity index (χ0) is 11.1. The summed E-state index contributed by atoms with van der Waals surface area (Å²) in [6, 6.07) is 5.15. The third-order valence-corrected chi connectivity index (χ3v) is 2.18. The minimum absolute atomic E-state index is 0.142. The summed E-state index contributed by atoms with van der Waals surface area (Å²) in [5.41, 5.74) is 1.74. The van der Waals surface area contributed by atoms with Gasteiger partial charge in [0.1, 0.15) is 5.82 Å². The third kappa shape index (κ3) is 4.26. The number of aryl methyl sites for hydroxylation is 1. The molecule has 0 aliphatic heterocycles. The van der Waals surface area contributed by atoms with Crippen LogP contribution in [0.15, 0.2) is 24.3 Å². The Morgan fingerprint density at radius 1 is 1.40 bits per heavy atom. The van der Waals surface area contributed by atoms with Crippen LogP contribution in [0, 0.1) is 12.7 Å². The summed E-state index contributed by atoms with van der Waals surface area (Å²) in [6.07, 6.45) is 5.21. The van der Waals surface area contributed by atoms with Crippen LogP contribution in [-0.4, -0.2) is 13.1 Å². The topological polar surface area (TPSA) is 12.0 Å². The lowest BCUT2D eigenvalue weighted by Crippen LogP contribution is -2.13. The maximum atomic E-state index is 13.0. The Labute approximate surface area is 91.0 Å². The van der Waals surface area contributed by atoms with Crippen LogP contribution in [0.5, 0.6) is 0 Å². The Balaban J connectivity index is 2.46. The first-order chi connectivity index (χ1) is 7.24. The molecule has 15 heavy (non-hydrogen) atoms. The van der Waals surface area contributed by atoms with Crippen LogP contribution in [0.4, 0.5) is 4.39 Å². The van der Waals surface area contributed by atoms with E-state index >= 15 is 0 Å². The van der Waals surface area contributed by atoms with Crippen molar-refractivity contribution in [1.82, 2.24) is 5.32 Å². The van der Waals surface area contributed by atoms with E-state index in [1.807, 2.05) is 12.1 Å². The Morgan fingerprint density at radius 2 is 2.20 bits per heavy atom. The molecule has 0 saturated carbocycles. The predicted octanol–water partition coefficient (Wildman–Crippen LogP) is 3.15. The van der Waals surface area contributed by atoms with Crippen LogP contribution in [-0.2, 0) is 0 Å². The Morgan fingerprint density at radius 3 is 2.87 bits per heavy atom. The van der Waals surface area contributed by atoms with Gasteiger partial charge in [0.15, 0.2) is 0 Å². The molecular weight excluding hydrogens is 189 g/mol. The van der Waals surface area contributed by atoms with E-state index in [1.54, 1.807) is 13.0 Å². The highest BCUT2D eigenvalue weighted by Crippen LogP contribution is 2.10. The molecule has 2 heteroatoms. The molecule has 0 unspecified atom stereocenters. The van der Waals surface area contributed by atoms with Gasteiger partial charge in [0.2, 0.25) is 0 Å². The van der Waals surface area contributed by atoms with Gasteiger partial charge in [-0.1, -0.05) is 25.1 Å². The molecule has 0 aliphatic carbocycles. The van der Waals surface area contributed by atoms with Crippen LogP contribution in [0.25, 0.3) is 6.08 Å². The van der Waals surface area contributed by atoms with E-state index in [2.05, 4.69) is 18.3 Å². The second-order valence-electron chi connectivity index (χ2n) is 3.62. The van der Waals surface area contributed by atoms with Crippen molar-refractivity contribution in [2.75, 3.05) is 13.1 Å². The van der Waals surface area contributed by atoms with Crippen molar-refractivity contribution in [1.29, 1.82) is 0 Å². The summed E-state index contributed by atoms with van der Waals surface area (Å²) in [5.74, 6) is -0.142. The summed E-state index contributed by atoms with van der Waals surface area (Å²) in [6.45, 7) is 5.82. The molecule has 0 heterocycles. The number of nitrogens with one attached hydrogen (secondary N) is 1. The minimum Gasteiger partial charge on any atom is -0.313 e. The number of hydrogen-bond acceptors (Lipinski definition) is 1. The monoisotopic (exact) mass is 207 g/mol. The molecule has 0 amide bonds. The van der Waals surface area contributed by atoms with Crippen molar-refractivity contribution in [3.8, 4) is 0 Å². The molecule has 82 valence electrons. The Kier molecular flexibility index (Phi) is 5.05. The van der Waals surface area contributed by atoms with Crippen LogP contribution in [0.2, 0.25) is 0 Å². The Bertz CT molecular complexity index is 331. The number of rotatable bonds is 5. The standard InChI is InChI=1S/C13H18FN/c1-3-8-15-9-4-5-12-6-7-13(14)11(2)10-12/h4-7,10,15H,3,8-9H2,1-2H3. The highest BCUT2D eigenvalue weighted by Gasteiger charge is 1.95. The molecular formula is C13H18FN. The third-order valence-electron chi connectivity index (χ3n) is 2.18. The van der Waals surface area contributed by atoms with E-state index < -0.39 is 0 Å². The van der Waals surface area contributed by atoms with E-state index in [-0.39, 0.29) is 5.82 Å². The number of halogens is 1. The van der Waals surface area contributed by atoms with E-state index in [0.29, 0.717) is 5.56 Å². The smallest absolute Gasteiger partial charge is 0.126 e. The molecule has 1 rings (SSSR count).